The summed E-state index contributed by atoms with van der Waals surface area (Å²) < 4.78 is 5.75. The zero-order valence-corrected chi connectivity index (χ0v) is 17.5. The molecule has 1 atom stereocenters. The Balaban J connectivity index is 1.94. The topological polar surface area (TPSA) is 113 Å². The average molecular weight is 419 g/mol. The van der Waals surface area contributed by atoms with E-state index in [0.29, 0.717) is 11.4 Å². The van der Waals surface area contributed by atoms with Crippen molar-refractivity contribution >= 4 is 23.0 Å². The molecule has 0 spiro atoms. The maximum absolute atomic E-state index is 13.7. The van der Waals surface area contributed by atoms with Gasteiger partial charge in [0.25, 0.3) is 0 Å². The lowest BCUT2D eigenvalue weighted by Gasteiger charge is -2.29. The zero-order chi connectivity index (χ0) is 22.7. The van der Waals surface area contributed by atoms with E-state index in [1.54, 1.807) is 19.1 Å². The molecule has 0 amide bonds. The first-order chi connectivity index (χ1) is 14.6. The van der Waals surface area contributed by atoms with Gasteiger partial charge in [0.2, 0.25) is 0 Å². The minimum Gasteiger partial charge on any atom is -0.507 e. The van der Waals surface area contributed by atoms with Crippen molar-refractivity contribution in [2.24, 2.45) is 0 Å². The lowest BCUT2D eigenvalue weighted by molar-refractivity contribution is -0.123. The van der Waals surface area contributed by atoms with Gasteiger partial charge in [-0.25, -0.2) is 0 Å². The molecule has 2 aromatic carbocycles. The van der Waals surface area contributed by atoms with Crippen LogP contribution >= 0.6 is 0 Å². The van der Waals surface area contributed by atoms with Gasteiger partial charge in [0.05, 0.1) is 11.1 Å². The minimum absolute atomic E-state index is 0.0107. The van der Waals surface area contributed by atoms with Crippen LogP contribution in [0.5, 0.6) is 17.2 Å². The van der Waals surface area contributed by atoms with Gasteiger partial charge in [0, 0.05) is 23.0 Å². The second-order valence-corrected chi connectivity index (χ2v) is 7.88. The van der Waals surface area contributed by atoms with Crippen molar-refractivity contribution in [2.45, 2.75) is 33.1 Å². The van der Waals surface area contributed by atoms with Crippen LogP contribution in [0, 0.1) is 6.92 Å². The minimum atomic E-state index is -1.52. The summed E-state index contributed by atoms with van der Waals surface area (Å²) in [6.45, 7) is 5.86. The summed E-state index contributed by atoms with van der Waals surface area (Å²) in [7, 11) is 0. The van der Waals surface area contributed by atoms with Crippen molar-refractivity contribution in [3.8, 4) is 17.2 Å². The molecule has 0 saturated carbocycles. The number of hydrogen-bond acceptors (Lipinski definition) is 7. The fourth-order valence-corrected chi connectivity index (χ4v) is 4.16. The number of hydrogen-bond donors (Lipinski definition) is 3. The Hall–Kier alpha value is -3.87. The summed E-state index contributed by atoms with van der Waals surface area (Å²) in [5.41, 5.74) is -0.532. The summed E-state index contributed by atoms with van der Waals surface area (Å²) in [6, 6.07) is 9.09. The quantitative estimate of drug-likeness (QED) is 0.395. The predicted octanol–water partition coefficient (Wildman–Crippen LogP) is 3.68. The molecule has 0 bridgehead atoms. The highest BCUT2D eigenvalue weighted by molar-refractivity contribution is 6.31. The number of nitrogens with one attached hydrogen (secondary N) is 1. The van der Waals surface area contributed by atoms with Gasteiger partial charge in [-0.15, -0.1) is 0 Å². The Bertz CT molecular complexity index is 1240. The van der Waals surface area contributed by atoms with Crippen molar-refractivity contribution in [3.05, 3.63) is 70.1 Å². The van der Waals surface area contributed by atoms with Crippen molar-refractivity contribution in [3.63, 3.8) is 0 Å². The number of ether oxygens (including phenoxy) is 1. The molecule has 7 heteroatoms. The molecule has 0 fully saturated rings. The van der Waals surface area contributed by atoms with E-state index in [4.69, 9.17) is 4.74 Å². The monoisotopic (exact) mass is 419 g/mol. The number of allylic oxidation sites excluding steroid dienone is 4. The molecule has 158 valence electrons. The standard InChI is InChI=1S/C24H21NO6/c1-11-20(28)18(13(3)26)22-19(21(11)29)24(4)16(31-22)10-15(27)17(23(24)30)12(2)25-14-8-6-5-7-9-14/h5-10,25,28-29H,1-4H3/b17-12+/t24-/m1/s1. The molecule has 0 aromatic heterocycles. The summed E-state index contributed by atoms with van der Waals surface area (Å²) in [5, 5.41) is 24.3. The van der Waals surface area contributed by atoms with Gasteiger partial charge in [-0.3, -0.25) is 14.4 Å². The maximum Gasteiger partial charge on any atom is 0.194 e. The van der Waals surface area contributed by atoms with Gasteiger partial charge in [-0.2, -0.15) is 0 Å². The number of rotatable bonds is 3. The molecule has 1 aliphatic heterocycles. The summed E-state index contributed by atoms with van der Waals surface area (Å²) in [6.07, 6.45) is 1.20. The van der Waals surface area contributed by atoms with E-state index in [1.807, 2.05) is 18.2 Å². The largest absolute Gasteiger partial charge is 0.507 e. The summed E-state index contributed by atoms with van der Waals surface area (Å²) >= 11 is 0. The number of carbonyl (C=O) groups is 3. The van der Waals surface area contributed by atoms with Crippen molar-refractivity contribution in [2.75, 3.05) is 5.32 Å². The second kappa shape index (κ2) is 6.84. The Labute approximate surface area is 178 Å². The molecule has 1 aliphatic carbocycles. The first-order valence-corrected chi connectivity index (χ1v) is 9.71. The van der Waals surface area contributed by atoms with Crippen LogP contribution in [0.4, 0.5) is 5.69 Å². The molecular weight excluding hydrogens is 398 g/mol. The Morgan fingerprint density at radius 1 is 1.06 bits per heavy atom. The fourth-order valence-electron chi connectivity index (χ4n) is 4.16. The number of ketones is 3. The third kappa shape index (κ3) is 2.77. The predicted molar refractivity (Wildman–Crippen MR) is 113 cm³/mol. The number of para-hydroxylation sites is 1. The third-order valence-electron chi connectivity index (χ3n) is 5.87. The number of carbonyl (C=O) groups excluding carboxylic acids is 3. The van der Waals surface area contributed by atoms with Crippen molar-refractivity contribution in [1.29, 1.82) is 0 Å². The highest BCUT2D eigenvalue weighted by Crippen LogP contribution is 2.57. The molecule has 0 saturated heterocycles. The normalized spacial score (nSPS) is 21.1. The van der Waals surface area contributed by atoms with Crippen LogP contribution in [0.3, 0.4) is 0 Å². The first-order valence-electron chi connectivity index (χ1n) is 9.71. The van der Waals surface area contributed by atoms with Crippen LogP contribution in [0.25, 0.3) is 0 Å². The average Bonchev–Trinajstić information content (AvgIpc) is 3.00. The molecule has 4 rings (SSSR count). The van der Waals surface area contributed by atoms with Crippen LogP contribution < -0.4 is 10.1 Å². The second-order valence-electron chi connectivity index (χ2n) is 7.88. The highest BCUT2D eigenvalue weighted by Gasteiger charge is 2.56. The van der Waals surface area contributed by atoms with E-state index in [2.05, 4.69) is 5.32 Å². The molecule has 2 aromatic rings. The molecule has 31 heavy (non-hydrogen) atoms. The number of aromatic hydroxyl groups is 2. The summed E-state index contributed by atoms with van der Waals surface area (Å²) in [5.74, 6) is -2.45. The number of phenols is 2. The number of benzene rings is 2. The van der Waals surface area contributed by atoms with Crippen LogP contribution in [-0.2, 0) is 15.0 Å². The zero-order valence-electron chi connectivity index (χ0n) is 17.5. The van der Waals surface area contributed by atoms with E-state index < -0.39 is 28.5 Å². The van der Waals surface area contributed by atoms with Crippen LogP contribution in [0.15, 0.2) is 53.4 Å². The number of Topliss-reactive ketones (excluding diaryl/α,β-unsaturated/α-hetero) is 2. The molecule has 0 radical (unpaired) electrons. The van der Waals surface area contributed by atoms with Gasteiger partial charge in [-0.05, 0) is 39.8 Å². The molecule has 2 aliphatic rings. The molecule has 7 nitrogen and oxygen atoms in total. The Morgan fingerprint density at radius 3 is 2.32 bits per heavy atom. The third-order valence-corrected chi connectivity index (χ3v) is 5.87. The Morgan fingerprint density at radius 2 is 1.71 bits per heavy atom. The van der Waals surface area contributed by atoms with Crippen molar-refractivity contribution < 1.29 is 29.3 Å². The maximum atomic E-state index is 13.7. The van der Waals surface area contributed by atoms with Gasteiger partial charge in [0.15, 0.2) is 17.3 Å². The van der Waals surface area contributed by atoms with E-state index in [1.165, 1.54) is 26.8 Å². The van der Waals surface area contributed by atoms with Crippen LogP contribution in [0.1, 0.15) is 42.3 Å². The lowest BCUT2D eigenvalue weighted by atomic mass is 9.70. The number of anilines is 1. The molecular formula is C24H21NO6. The van der Waals surface area contributed by atoms with Gasteiger partial charge < -0.3 is 20.3 Å². The van der Waals surface area contributed by atoms with Gasteiger partial charge >= 0.3 is 0 Å². The lowest BCUT2D eigenvalue weighted by Crippen LogP contribution is -2.40. The van der Waals surface area contributed by atoms with Crippen molar-refractivity contribution in [1.82, 2.24) is 0 Å². The molecule has 0 unspecified atom stereocenters. The van der Waals surface area contributed by atoms with E-state index in [-0.39, 0.29) is 39.5 Å². The molecule has 3 N–H and O–H groups in total. The molecule has 1 heterocycles. The van der Waals surface area contributed by atoms with E-state index >= 15 is 0 Å². The number of phenolic OH excluding ortho intramolecular Hbond substituents is 2. The van der Waals surface area contributed by atoms with Crippen LogP contribution in [-0.4, -0.2) is 27.6 Å². The van der Waals surface area contributed by atoms with Gasteiger partial charge in [0.1, 0.15) is 34.0 Å². The number of fused-ring (bicyclic) bond motifs is 3. The Kier molecular flexibility index (Phi) is 4.50. The summed E-state index contributed by atoms with van der Waals surface area (Å²) in [4.78, 5) is 38.7. The van der Waals surface area contributed by atoms with Crippen LogP contribution in [0.2, 0.25) is 0 Å². The SMILES string of the molecule is CC(=O)c1c(O)c(C)c(O)c2c1OC1=CC(=O)/C(=C(/C)Nc3ccccc3)C(=O)[C@]12C. The van der Waals surface area contributed by atoms with E-state index in [9.17, 15) is 24.6 Å². The van der Waals surface area contributed by atoms with E-state index in [0.717, 1.165) is 0 Å². The smallest absolute Gasteiger partial charge is 0.194 e. The van der Waals surface area contributed by atoms with Gasteiger partial charge in [-0.1, -0.05) is 18.2 Å². The highest BCUT2D eigenvalue weighted by atomic mass is 16.5. The first kappa shape index (κ1) is 20.4. The fraction of sp³-hybridized carbons (Fsp3) is 0.208.